The SMILES string of the molecule is CN(C)c1ccc(C(=O)NC(C)(C)CN)cn1.Cl.Cl. The Hall–Kier alpha value is -1.04. The van der Waals surface area contributed by atoms with Crippen LogP contribution in [0.25, 0.3) is 0 Å². The van der Waals surface area contributed by atoms with Gasteiger partial charge in [-0.2, -0.15) is 0 Å². The minimum absolute atomic E-state index is 0. The van der Waals surface area contributed by atoms with Crippen molar-refractivity contribution in [3.8, 4) is 0 Å². The highest BCUT2D eigenvalue weighted by atomic mass is 35.5. The van der Waals surface area contributed by atoms with Crippen LogP contribution in [0.15, 0.2) is 18.3 Å². The number of rotatable bonds is 4. The van der Waals surface area contributed by atoms with Crippen LogP contribution in [-0.4, -0.2) is 37.1 Å². The molecular formula is C12H22Cl2N4O. The van der Waals surface area contributed by atoms with E-state index in [1.54, 1.807) is 12.3 Å². The first-order valence-corrected chi connectivity index (χ1v) is 5.52. The number of anilines is 1. The number of halogens is 2. The van der Waals surface area contributed by atoms with Crippen molar-refractivity contribution in [1.82, 2.24) is 10.3 Å². The van der Waals surface area contributed by atoms with Crippen LogP contribution in [0.2, 0.25) is 0 Å². The minimum atomic E-state index is -0.405. The zero-order valence-electron chi connectivity index (χ0n) is 11.6. The van der Waals surface area contributed by atoms with Crippen molar-refractivity contribution >= 4 is 36.5 Å². The fraction of sp³-hybridized carbons (Fsp3) is 0.500. The predicted molar refractivity (Wildman–Crippen MR) is 83.7 cm³/mol. The molecule has 7 heteroatoms. The van der Waals surface area contributed by atoms with E-state index < -0.39 is 5.54 Å². The van der Waals surface area contributed by atoms with Crippen LogP contribution in [0.3, 0.4) is 0 Å². The maximum atomic E-state index is 11.9. The van der Waals surface area contributed by atoms with Gasteiger partial charge in [0.05, 0.1) is 5.56 Å². The molecule has 19 heavy (non-hydrogen) atoms. The summed E-state index contributed by atoms with van der Waals surface area (Å²) in [5, 5.41) is 2.85. The normalized spacial score (nSPS) is 9.95. The van der Waals surface area contributed by atoms with Gasteiger partial charge in [0.2, 0.25) is 0 Å². The largest absolute Gasteiger partial charge is 0.363 e. The summed E-state index contributed by atoms with van der Waals surface area (Å²) in [6, 6.07) is 3.56. The summed E-state index contributed by atoms with van der Waals surface area (Å²) in [7, 11) is 3.80. The van der Waals surface area contributed by atoms with Gasteiger partial charge in [-0.25, -0.2) is 4.98 Å². The highest BCUT2D eigenvalue weighted by molar-refractivity contribution is 5.94. The Labute approximate surface area is 126 Å². The molecule has 0 aromatic carbocycles. The van der Waals surface area contributed by atoms with E-state index in [4.69, 9.17) is 5.73 Å². The van der Waals surface area contributed by atoms with Crippen LogP contribution in [0.1, 0.15) is 24.2 Å². The first-order chi connectivity index (χ1) is 7.85. The lowest BCUT2D eigenvalue weighted by Gasteiger charge is -2.24. The number of aromatic nitrogens is 1. The maximum Gasteiger partial charge on any atom is 0.253 e. The molecule has 0 saturated heterocycles. The Morgan fingerprint density at radius 3 is 2.32 bits per heavy atom. The lowest BCUT2D eigenvalue weighted by atomic mass is 10.1. The molecule has 1 rings (SSSR count). The van der Waals surface area contributed by atoms with Crippen molar-refractivity contribution in [3.05, 3.63) is 23.9 Å². The van der Waals surface area contributed by atoms with Crippen LogP contribution in [-0.2, 0) is 0 Å². The molecule has 1 aromatic heterocycles. The van der Waals surface area contributed by atoms with Gasteiger partial charge in [0.25, 0.3) is 5.91 Å². The van der Waals surface area contributed by atoms with Crippen LogP contribution in [0.5, 0.6) is 0 Å². The Morgan fingerprint density at radius 2 is 1.95 bits per heavy atom. The molecule has 110 valence electrons. The molecule has 1 amide bonds. The molecule has 0 spiro atoms. The summed E-state index contributed by atoms with van der Waals surface area (Å²) in [6.07, 6.45) is 1.57. The van der Waals surface area contributed by atoms with Crippen LogP contribution in [0.4, 0.5) is 5.82 Å². The third-order valence-electron chi connectivity index (χ3n) is 2.43. The summed E-state index contributed by atoms with van der Waals surface area (Å²) in [4.78, 5) is 17.9. The van der Waals surface area contributed by atoms with Gasteiger partial charge in [-0.3, -0.25) is 4.79 Å². The molecule has 1 aromatic rings. The van der Waals surface area contributed by atoms with Gasteiger partial charge in [0, 0.05) is 32.4 Å². The van der Waals surface area contributed by atoms with Crippen molar-refractivity contribution in [2.24, 2.45) is 5.73 Å². The topological polar surface area (TPSA) is 71.2 Å². The van der Waals surface area contributed by atoms with E-state index >= 15 is 0 Å². The number of carbonyl (C=O) groups is 1. The van der Waals surface area contributed by atoms with Gasteiger partial charge >= 0.3 is 0 Å². The van der Waals surface area contributed by atoms with Crippen molar-refractivity contribution < 1.29 is 4.79 Å². The maximum absolute atomic E-state index is 11.9. The average Bonchev–Trinajstić information content (AvgIpc) is 2.28. The Morgan fingerprint density at radius 1 is 1.37 bits per heavy atom. The molecule has 3 N–H and O–H groups in total. The summed E-state index contributed by atoms with van der Waals surface area (Å²) < 4.78 is 0. The summed E-state index contributed by atoms with van der Waals surface area (Å²) in [5.41, 5.74) is 5.69. The quantitative estimate of drug-likeness (QED) is 0.883. The van der Waals surface area contributed by atoms with E-state index in [1.165, 1.54) is 0 Å². The summed E-state index contributed by atoms with van der Waals surface area (Å²) >= 11 is 0. The molecule has 1 heterocycles. The highest BCUT2D eigenvalue weighted by Gasteiger charge is 2.19. The molecule has 0 saturated carbocycles. The summed E-state index contributed by atoms with van der Waals surface area (Å²) in [5.74, 6) is 0.665. The second-order valence-corrected chi connectivity index (χ2v) is 4.84. The van der Waals surface area contributed by atoms with Crippen molar-refractivity contribution in [3.63, 3.8) is 0 Å². The van der Waals surface area contributed by atoms with Crippen molar-refractivity contribution in [2.75, 3.05) is 25.5 Å². The Kier molecular flexibility index (Phi) is 8.75. The predicted octanol–water partition coefficient (Wildman–Crippen LogP) is 1.46. The highest BCUT2D eigenvalue weighted by Crippen LogP contribution is 2.09. The van der Waals surface area contributed by atoms with E-state index in [2.05, 4.69) is 10.3 Å². The third-order valence-corrected chi connectivity index (χ3v) is 2.43. The lowest BCUT2D eigenvalue weighted by Crippen LogP contribution is -2.48. The molecule has 0 unspecified atom stereocenters. The number of carbonyl (C=O) groups excluding carboxylic acids is 1. The standard InChI is InChI=1S/C12H20N4O.2ClH/c1-12(2,8-13)15-11(17)9-5-6-10(14-7-9)16(3)4;;/h5-7H,8,13H2,1-4H3,(H,15,17);2*1H. The smallest absolute Gasteiger partial charge is 0.253 e. The molecule has 0 aliphatic rings. The van der Waals surface area contributed by atoms with Gasteiger partial charge in [-0.05, 0) is 26.0 Å². The third kappa shape index (κ3) is 6.09. The van der Waals surface area contributed by atoms with Crippen molar-refractivity contribution in [1.29, 1.82) is 0 Å². The van der Waals surface area contributed by atoms with Crippen molar-refractivity contribution in [2.45, 2.75) is 19.4 Å². The molecule has 0 fully saturated rings. The minimum Gasteiger partial charge on any atom is -0.363 e. The summed E-state index contributed by atoms with van der Waals surface area (Å²) in [6.45, 7) is 4.15. The fourth-order valence-electron chi connectivity index (χ4n) is 1.22. The van der Waals surface area contributed by atoms with Gasteiger partial charge in [0.1, 0.15) is 5.82 Å². The molecule has 0 radical (unpaired) electrons. The number of amides is 1. The zero-order chi connectivity index (χ0) is 13.1. The second kappa shape index (κ2) is 8.19. The Balaban J connectivity index is 0. The molecule has 0 aliphatic heterocycles. The average molecular weight is 309 g/mol. The second-order valence-electron chi connectivity index (χ2n) is 4.84. The fourth-order valence-corrected chi connectivity index (χ4v) is 1.22. The number of nitrogens with one attached hydrogen (secondary N) is 1. The first-order valence-electron chi connectivity index (χ1n) is 5.52. The molecule has 0 aliphatic carbocycles. The van der Waals surface area contributed by atoms with Gasteiger partial charge < -0.3 is 16.0 Å². The van der Waals surface area contributed by atoms with Crippen LogP contribution >= 0.6 is 24.8 Å². The number of nitrogens with zero attached hydrogens (tertiary/aromatic N) is 2. The van der Waals surface area contributed by atoms with E-state index in [1.807, 2.05) is 38.9 Å². The zero-order valence-corrected chi connectivity index (χ0v) is 13.3. The lowest BCUT2D eigenvalue weighted by molar-refractivity contribution is 0.0915. The molecule has 0 bridgehead atoms. The van der Waals surface area contributed by atoms with Gasteiger partial charge in [-0.15, -0.1) is 24.8 Å². The van der Waals surface area contributed by atoms with E-state index in [0.29, 0.717) is 12.1 Å². The van der Waals surface area contributed by atoms with Crippen LogP contribution in [0, 0.1) is 0 Å². The molecule has 5 nitrogen and oxygen atoms in total. The number of hydrogen-bond donors (Lipinski definition) is 2. The van der Waals surface area contributed by atoms with Gasteiger partial charge in [-0.1, -0.05) is 0 Å². The monoisotopic (exact) mass is 308 g/mol. The van der Waals surface area contributed by atoms with Crippen LogP contribution < -0.4 is 16.0 Å². The first kappa shape index (κ1) is 20.3. The van der Waals surface area contributed by atoms with E-state index in [-0.39, 0.29) is 30.7 Å². The van der Waals surface area contributed by atoms with E-state index in [9.17, 15) is 4.79 Å². The molecular weight excluding hydrogens is 287 g/mol. The molecule has 0 atom stereocenters. The Bertz CT molecular complexity index is 393. The van der Waals surface area contributed by atoms with Gasteiger partial charge in [0.15, 0.2) is 0 Å². The number of nitrogens with two attached hydrogens (primary N) is 1. The number of pyridine rings is 1. The number of hydrogen-bond acceptors (Lipinski definition) is 4. The van der Waals surface area contributed by atoms with E-state index in [0.717, 1.165) is 5.82 Å².